The minimum atomic E-state index is -0.903. The first-order valence-corrected chi connectivity index (χ1v) is 10.7. The molecule has 2 aromatic carbocycles. The molecule has 3 N–H and O–H groups in total. The summed E-state index contributed by atoms with van der Waals surface area (Å²) in [5.41, 5.74) is 1.38. The zero-order valence-electron chi connectivity index (χ0n) is 17.7. The van der Waals surface area contributed by atoms with Crippen molar-refractivity contribution in [1.82, 2.24) is 0 Å². The molecule has 0 bridgehead atoms. The van der Waals surface area contributed by atoms with Gasteiger partial charge < -0.3 is 20.5 Å². The van der Waals surface area contributed by atoms with Crippen LogP contribution in [0.1, 0.15) is 19.4 Å². The molecule has 0 saturated carbocycles. The molecule has 0 aliphatic heterocycles. The Hall–Kier alpha value is -2.96. The van der Waals surface area contributed by atoms with Crippen LogP contribution in [-0.4, -0.2) is 23.6 Å². The summed E-state index contributed by atoms with van der Waals surface area (Å²) in [4.78, 5) is 23.3. The Morgan fingerprint density at radius 3 is 2.59 bits per heavy atom. The largest absolute Gasteiger partial charge is 0.493 e. The minimum Gasteiger partial charge on any atom is -0.493 e. The third kappa shape index (κ3) is 5.84. The van der Waals surface area contributed by atoms with E-state index in [9.17, 15) is 14.7 Å². The number of hydrogen-bond donors (Lipinski definition) is 3. The molecule has 1 amide bonds. The molecule has 0 fully saturated rings. The predicted octanol–water partition coefficient (Wildman–Crippen LogP) is 5.78. The molecule has 0 saturated heterocycles. The molecule has 6 nitrogen and oxygen atoms in total. The summed E-state index contributed by atoms with van der Waals surface area (Å²) >= 11 is 12.2. The molecule has 1 aliphatic carbocycles. The highest BCUT2D eigenvalue weighted by atomic mass is 35.5. The first kappa shape index (κ1) is 23.7. The summed E-state index contributed by atoms with van der Waals surface area (Å²) in [6.07, 6.45) is 7.06. The Balaban J connectivity index is 1.78. The number of aliphatic carboxylic acids is 1. The molecule has 8 heteroatoms. The Kier molecular flexibility index (Phi) is 7.48. The van der Waals surface area contributed by atoms with Gasteiger partial charge in [0.15, 0.2) is 0 Å². The zero-order chi connectivity index (χ0) is 23.3. The lowest BCUT2D eigenvalue weighted by atomic mass is 9.75. The molecular weight excluding hydrogens is 451 g/mol. The van der Waals surface area contributed by atoms with Gasteiger partial charge in [-0.2, -0.15) is 0 Å². The van der Waals surface area contributed by atoms with Crippen molar-refractivity contribution < 1.29 is 19.4 Å². The number of rotatable bonds is 8. The van der Waals surface area contributed by atoms with Gasteiger partial charge in [-0.1, -0.05) is 60.5 Å². The number of carboxylic acids is 1. The van der Waals surface area contributed by atoms with E-state index in [1.807, 2.05) is 25.1 Å². The molecule has 168 valence electrons. The molecule has 3 rings (SSSR count). The molecular formula is C24H24Cl2N2O4. The summed E-state index contributed by atoms with van der Waals surface area (Å²) in [7, 11) is 0. The Morgan fingerprint density at radius 1 is 1.12 bits per heavy atom. The maximum atomic E-state index is 11.6. The molecule has 2 unspecified atom stereocenters. The number of carbonyl (C=O) groups is 2. The van der Waals surface area contributed by atoms with E-state index in [0.717, 1.165) is 5.56 Å². The van der Waals surface area contributed by atoms with Crippen molar-refractivity contribution in [2.45, 2.75) is 20.4 Å². The van der Waals surface area contributed by atoms with Gasteiger partial charge in [-0.15, -0.1) is 0 Å². The van der Waals surface area contributed by atoms with Crippen molar-refractivity contribution in [1.29, 1.82) is 0 Å². The molecule has 2 atom stereocenters. The monoisotopic (exact) mass is 474 g/mol. The van der Waals surface area contributed by atoms with Crippen LogP contribution in [0.15, 0.2) is 60.7 Å². The maximum absolute atomic E-state index is 11.6. The van der Waals surface area contributed by atoms with Gasteiger partial charge in [0.25, 0.3) is 0 Å². The number of carbonyl (C=O) groups excluding carboxylic acids is 1. The van der Waals surface area contributed by atoms with Crippen LogP contribution in [0.25, 0.3) is 0 Å². The lowest BCUT2D eigenvalue weighted by Crippen LogP contribution is -2.36. The van der Waals surface area contributed by atoms with Crippen LogP contribution < -0.4 is 15.4 Å². The minimum absolute atomic E-state index is 0.173. The average Bonchev–Trinajstić information content (AvgIpc) is 2.72. The predicted molar refractivity (Wildman–Crippen MR) is 128 cm³/mol. The smallest absolute Gasteiger partial charge is 0.311 e. The fourth-order valence-electron chi connectivity index (χ4n) is 3.43. The van der Waals surface area contributed by atoms with Crippen LogP contribution in [0.5, 0.6) is 5.75 Å². The molecule has 0 heterocycles. The van der Waals surface area contributed by atoms with E-state index in [4.69, 9.17) is 27.9 Å². The van der Waals surface area contributed by atoms with Crippen molar-refractivity contribution in [2.75, 3.05) is 17.2 Å². The van der Waals surface area contributed by atoms with E-state index in [2.05, 4.69) is 10.6 Å². The SMILES string of the molecule is CC(=O)Nc1ccc(OCC2(C)C=CC=CC2C(=O)O)cc1NCc1ccc(Cl)cc1Cl. The van der Waals surface area contributed by atoms with Crippen molar-refractivity contribution in [2.24, 2.45) is 11.3 Å². The van der Waals surface area contributed by atoms with Crippen molar-refractivity contribution in [3.8, 4) is 5.75 Å². The van der Waals surface area contributed by atoms with Crippen LogP contribution in [-0.2, 0) is 16.1 Å². The number of benzene rings is 2. The summed E-state index contributed by atoms with van der Waals surface area (Å²) in [5, 5.41) is 16.7. The summed E-state index contributed by atoms with van der Waals surface area (Å²) in [6, 6.07) is 10.5. The van der Waals surface area contributed by atoms with E-state index in [-0.39, 0.29) is 12.5 Å². The number of hydrogen-bond acceptors (Lipinski definition) is 4. The third-order valence-electron chi connectivity index (χ3n) is 5.20. The van der Waals surface area contributed by atoms with Gasteiger partial charge in [0, 0.05) is 35.0 Å². The second-order valence-electron chi connectivity index (χ2n) is 7.83. The lowest BCUT2D eigenvalue weighted by Gasteiger charge is -2.32. The second kappa shape index (κ2) is 10.1. The number of anilines is 2. The molecule has 2 aromatic rings. The normalized spacial score (nSPS) is 19.4. The first-order chi connectivity index (χ1) is 15.2. The van der Waals surface area contributed by atoms with Crippen LogP contribution in [0.2, 0.25) is 10.0 Å². The van der Waals surface area contributed by atoms with Gasteiger partial charge in [0.1, 0.15) is 5.75 Å². The van der Waals surface area contributed by atoms with E-state index in [1.54, 1.807) is 42.5 Å². The van der Waals surface area contributed by atoms with Crippen LogP contribution >= 0.6 is 23.2 Å². The van der Waals surface area contributed by atoms with Crippen molar-refractivity contribution in [3.63, 3.8) is 0 Å². The fraction of sp³-hybridized carbons (Fsp3) is 0.250. The van der Waals surface area contributed by atoms with Crippen LogP contribution in [0.4, 0.5) is 11.4 Å². The Bertz CT molecular complexity index is 1080. The van der Waals surface area contributed by atoms with Gasteiger partial charge in [0.05, 0.1) is 23.9 Å². The van der Waals surface area contributed by atoms with Crippen molar-refractivity contribution >= 4 is 46.5 Å². The summed E-state index contributed by atoms with van der Waals surface area (Å²) in [6.45, 7) is 3.85. The van der Waals surface area contributed by atoms with Gasteiger partial charge in [-0.3, -0.25) is 9.59 Å². The highest BCUT2D eigenvalue weighted by Gasteiger charge is 2.37. The van der Waals surface area contributed by atoms with Crippen LogP contribution in [0.3, 0.4) is 0 Å². The molecule has 0 spiro atoms. The topological polar surface area (TPSA) is 87.7 Å². The van der Waals surface area contributed by atoms with Gasteiger partial charge in [-0.25, -0.2) is 0 Å². The van der Waals surface area contributed by atoms with E-state index in [0.29, 0.717) is 33.7 Å². The van der Waals surface area contributed by atoms with Gasteiger partial charge in [-0.05, 0) is 29.8 Å². The number of amides is 1. The number of carboxylic acid groups (broad SMARTS) is 1. The first-order valence-electron chi connectivity index (χ1n) is 9.99. The quantitative estimate of drug-likeness (QED) is 0.451. The molecule has 32 heavy (non-hydrogen) atoms. The van der Waals surface area contributed by atoms with Crippen molar-refractivity contribution in [3.05, 3.63) is 76.3 Å². The number of nitrogens with one attached hydrogen (secondary N) is 2. The molecule has 1 aliphatic rings. The number of allylic oxidation sites excluding steroid dienone is 2. The number of halogens is 2. The highest BCUT2D eigenvalue weighted by molar-refractivity contribution is 6.35. The fourth-order valence-corrected chi connectivity index (χ4v) is 3.90. The third-order valence-corrected chi connectivity index (χ3v) is 5.79. The van der Waals surface area contributed by atoms with E-state index >= 15 is 0 Å². The Morgan fingerprint density at radius 2 is 1.91 bits per heavy atom. The Labute approximate surface area is 196 Å². The highest BCUT2D eigenvalue weighted by Crippen LogP contribution is 2.35. The second-order valence-corrected chi connectivity index (χ2v) is 8.68. The standard InChI is InChI=1S/C24H24Cl2N2O4/c1-15(29)28-21-9-8-18(32-14-24(2)10-4-3-5-19(24)23(30)31)12-22(21)27-13-16-6-7-17(25)11-20(16)26/h3-12,19,27H,13-14H2,1-2H3,(H,28,29)(H,30,31). The molecule has 0 aromatic heterocycles. The van der Waals surface area contributed by atoms with E-state index < -0.39 is 17.3 Å². The van der Waals surface area contributed by atoms with E-state index in [1.165, 1.54) is 6.92 Å². The maximum Gasteiger partial charge on any atom is 0.311 e. The zero-order valence-corrected chi connectivity index (χ0v) is 19.2. The molecule has 0 radical (unpaired) electrons. The number of ether oxygens (including phenoxy) is 1. The lowest BCUT2D eigenvalue weighted by molar-refractivity contribution is -0.143. The average molecular weight is 475 g/mol. The van der Waals surface area contributed by atoms with Crippen LogP contribution in [0, 0.1) is 11.3 Å². The summed E-state index contributed by atoms with van der Waals surface area (Å²) in [5.74, 6) is -1.25. The van der Waals surface area contributed by atoms with Gasteiger partial charge in [0.2, 0.25) is 5.91 Å². The van der Waals surface area contributed by atoms with Gasteiger partial charge >= 0.3 is 5.97 Å². The summed E-state index contributed by atoms with van der Waals surface area (Å²) < 4.78 is 5.98.